The molecule has 0 atom stereocenters. The molecule has 2 aromatic rings. The molecule has 0 fully saturated rings. The minimum Gasteiger partial charge on any atom is -0.492 e. The Morgan fingerprint density at radius 3 is 2.18 bits per heavy atom. The van der Waals surface area contributed by atoms with Gasteiger partial charge in [0.15, 0.2) is 0 Å². The van der Waals surface area contributed by atoms with E-state index in [-0.39, 0.29) is 11.5 Å². The molecule has 5 heteroatoms. The van der Waals surface area contributed by atoms with E-state index in [0.717, 1.165) is 5.56 Å². The van der Waals surface area contributed by atoms with Gasteiger partial charge in [-0.05, 0) is 43.3 Å². The van der Waals surface area contributed by atoms with Crippen LogP contribution >= 0.6 is 0 Å². The predicted molar refractivity (Wildman–Crippen MR) is 82.4 cm³/mol. The van der Waals surface area contributed by atoms with Crippen LogP contribution < -0.4 is 10.1 Å². The van der Waals surface area contributed by atoms with Gasteiger partial charge in [-0.2, -0.15) is 0 Å². The molecular formula is C17H17NO4. The third-order valence-electron chi connectivity index (χ3n) is 3.07. The number of hydrogen-bond donors (Lipinski definition) is 2. The van der Waals surface area contributed by atoms with Crippen LogP contribution in [0.2, 0.25) is 0 Å². The van der Waals surface area contributed by atoms with Crippen LogP contribution in [0.5, 0.6) is 5.75 Å². The number of ether oxygens (including phenoxy) is 1. The fourth-order valence-corrected chi connectivity index (χ4v) is 1.83. The Morgan fingerprint density at radius 2 is 1.59 bits per heavy atom. The topological polar surface area (TPSA) is 75.6 Å². The molecule has 0 bridgehead atoms. The zero-order chi connectivity index (χ0) is 15.9. The Labute approximate surface area is 128 Å². The van der Waals surface area contributed by atoms with Crippen LogP contribution in [0.4, 0.5) is 0 Å². The van der Waals surface area contributed by atoms with E-state index in [9.17, 15) is 9.59 Å². The van der Waals surface area contributed by atoms with Crippen molar-refractivity contribution in [3.63, 3.8) is 0 Å². The molecule has 0 radical (unpaired) electrons. The van der Waals surface area contributed by atoms with Gasteiger partial charge in [0.2, 0.25) is 0 Å². The molecule has 2 aromatic carbocycles. The number of carbonyl (C=O) groups is 2. The highest BCUT2D eigenvalue weighted by atomic mass is 16.5. The second-order valence-corrected chi connectivity index (χ2v) is 4.80. The predicted octanol–water partition coefficient (Wildman–Crippen LogP) is 2.50. The Balaban J connectivity index is 1.75. The fraction of sp³-hybridized carbons (Fsp3) is 0.176. The Bertz CT molecular complexity index is 647. The van der Waals surface area contributed by atoms with E-state index in [4.69, 9.17) is 9.84 Å². The van der Waals surface area contributed by atoms with Crippen molar-refractivity contribution in [3.8, 4) is 5.75 Å². The van der Waals surface area contributed by atoms with Crippen LogP contribution in [-0.2, 0) is 0 Å². The summed E-state index contributed by atoms with van der Waals surface area (Å²) in [6.45, 7) is 2.64. The lowest BCUT2D eigenvalue weighted by Gasteiger charge is -2.08. The van der Waals surface area contributed by atoms with E-state index in [1.54, 1.807) is 24.3 Å². The van der Waals surface area contributed by atoms with Gasteiger partial charge in [-0.15, -0.1) is 0 Å². The smallest absolute Gasteiger partial charge is 0.335 e. The van der Waals surface area contributed by atoms with Crippen molar-refractivity contribution in [1.29, 1.82) is 0 Å². The van der Waals surface area contributed by atoms with Crippen LogP contribution in [0.1, 0.15) is 26.3 Å². The van der Waals surface area contributed by atoms with E-state index < -0.39 is 5.97 Å². The number of carboxylic acids is 1. The first kappa shape index (κ1) is 15.6. The molecule has 0 saturated carbocycles. The number of benzene rings is 2. The van der Waals surface area contributed by atoms with Gasteiger partial charge >= 0.3 is 5.97 Å². The molecule has 1 amide bonds. The number of rotatable bonds is 6. The number of amides is 1. The number of hydrogen-bond acceptors (Lipinski definition) is 3. The first-order valence-corrected chi connectivity index (χ1v) is 6.87. The molecule has 0 spiro atoms. The van der Waals surface area contributed by atoms with Crippen molar-refractivity contribution in [2.24, 2.45) is 0 Å². The maximum Gasteiger partial charge on any atom is 0.335 e. The SMILES string of the molecule is Cc1ccc(C(=O)NCCOc2ccc(C(=O)O)cc2)cc1. The fourth-order valence-electron chi connectivity index (χ4n) is 1.83. The summed E-state index contributed by atoms with van der Waals surface area (Å²) in [5.41, 5.74) is 1.92. The van der Waals surface area contributed by atoms with E-state index in [1.807, 2.05) is 19.1 Å². The zero-order valence-corrected chi connectivity index (χ0v) is 12.2. The van der Waals surface area contributed by atoms with Crippen molar-refractivity contribution in [2.45, 2.75) is 6.92 Å². The molecule has 0 aliphatic carbocycles. The highest BCUT2D eigenvalue weighted by Crippen LogP contribution is 2.11. The summed E-state index contributed by atoms with van der Waals surface area (Å²) in [6.07, 6.45) is 0. The lowest BCUT2D eigenvalue weighted by atomic mass is 10.1. The van der Waals surface area contributed by atoms with E-state index in [2.05, 4.69) is 5.32 Å². The summed E-state index contributed by atoms with van der Waals surface area (Å²) in [6, 6.07) is 13.4. The quantitative estimate of drug-likeness (QED) is 0.804. The van der Waals surface area contributed by atoms with Crippen LogP contribution in [-0.4, -0.2) is 30.1 Å². The molecular weight excluding hydrogens is 282 g/mol. The van der Waals surface area contributed by atoms with Crippen molar-refractivity contribution in [2.75, 3.05) is 13.2 Å². The van der Waals surface area contributed by atoms with Gasteiger partial charge in [0, 0.05) is 5.56 Å². The second-order valence-electron chi connectivity index (χ2n) is 4.80. The average Bonchev–Trinajstić information content (AvgIpc) is 2.52. The van der Waals surface area contributed by atoms with Crippen LogP contribution in [0.15, 0.2) is 48.5 Å². The van der Waals surface area contributed by atoms with Gasteiger partial charge < -0.3 is 15.2 Å². The molecule has 0 heterocycles. The summed E-state index contributed by atoms with van der Waals surface area (Å²) >= 11 is 0. The molecule has 2 N–H and O–H groups in total. The number of nitrogens with one attached hydrogen (secondary N) is 1. The van der Waals surface area contributed by atoms with Crippen molar-refractivity contribution < 1.29 is 19.4 Å². The molecule has 0 aliphatic heterocycles. The van der Waals surface area contributed by atoms with Gasteiger partial charge in [-0.1, -0.05) is 17.7 Å². The number of aryl methyl sites for hydroxylation is 1. The van der Waals surface area contributed by atoms with Gasteiger partial charge in [-0.25, -0.2) is 4.79 Å². The third kappa shape index (κ3) is 4.34. The zero-order valence-electron chi connectivity index (χ0n) is 12.2. The van der Waals surface area contributed by atoms with Gasteiger partial charge in [0.1, 0.15) is 12.4 Å². The third-order valence-corrected chi connectivity index (χ3v) is 3.07. The van der Waals surface area contributed by atoms with Gasteiger partial charge in [-0.3, -0.25) is 4.79 Å². The lowest BCUT2D eigenvalue weighted by Crippen LogP contribution is -2.28. The van der Waals surface area contributed by atoms with Crippen LogP contribution in [0.25, 0.3) is 0 Å². The molecule has 0 saturated heterocycles. The van der Waals surface area contributed by atoms with Gasteiger partial charge in [0.25, 0.3) is 5.91 Å². The maximum atomic E-state index is 11.9. The minimum atomic E-state index is -0.975. The second kappa shape index (κ2) is 7.26. The van der Waals surface area contributed by atoms with E-state index in [1.165, 1.54) is 12.1 Å². The highest BCUT2D eigenvalue weighted by molar-refractivity contribution is 5.94. The van der Waals surface area contributed by atoms with Crippen molar-refractivity contribution in [1.82, 2.24) is 5.32 Å². The van der Waals surface area contributed by atoms with E-state index >= 15 is 0 Å². The molecule has 5 nitrogen and oxygen atoms in total. The Kier molecular flexibility index (Phi) is 5.14. The van der Waals surface area contributed by atoms with Crippen molar-refractivity contribution >= 4 is 11.9 Å². The van der Waals surface area contributed by atoms with Crippen LogP contribution in [0, 0.1) is 6.92 Å². The summed E-state index contributed by atoms with van der Waals surface area (Å²) < 4.78 is 5.44. The maximum absolute atomic E-state index is 11.9. The highest BCUT2D eigenvalue weighted by Gasteiger charge is 2.05. The normalized spacial score (nSPS) is 10.0. The van der Waals surface area contributed by atoms with Crippen molar-refractivity contribution in [3.05, 3.63) is 65.2 Å². The number of carboxylic acid groups (broad SMARTS) is 1. The largest absolute Gasteiger partial charge is 0.492 e. The van der Waals surface area contributed by atoms with E-state index in [0.29, 0.717) is 24.5 Å². The first-order valence-electron chi connectivity index (χ1n) is 6.87. The minimum absolute atomic E-state index is 0.148. The molecule has 2 rings (SSSR count). The Hall–Kier alpha value is -2.82. The standard InChI is InChI=1S/C17H17NO4/c1-12-2-4-13(5-3-12)16(19)18-10-11-22-15-8-6-14(7-9-15)17(20)21/h2-9H,10-11H2,1H3,(H,18,19)(H,20,21). The average molecular weight is 299 g/mol. The Morgan fingerprint density at radius 1 is 1.00 bits per heavy atom. The summed E-state index contributed by atoms with van der Waals surface area (Å²) in [5, 5.41) is 11.5. The molecule has 22 heavy (non-hydrogen) atoms. The molecule has 0 aromatic heterocycles. The molecule has 0 aliphatic rings. The number of aromatic carboxylic acids is 1. The molecule has 0 unspecified atom stereocenters. The summed E-state index contributed by atoms with van der Waals surface area (Å²) in [5.74, 6) is -0.559. The summed E-state index contributed by atoms with van der Waals surface area (Å²) in [4.78, 5) is 22.6. The van der Waals surface area contributed by atoms with Gasteiger partial charge in [0.05, 0.1) is 12.1 Å². The van der Waals surface area contributed by atoms with Crippen LogP contribution in [0.3, 0.4) is 0 Å². The first-order chi connectivity index (χ1) is 10.6. The monoisotopic (exact) mass is 299 g/mol. The number of carbonyl (C=O) groups excluding carboxylic acids is 1. The summed E-state index contributed by atoms with van der Waals surface area (Å²) in [7, 11) is 0. The lowest BCUT2D eigenvalue weighted by molar-refractivity contribution is 0.0696. The molecule has 114 valence electrons.